The van der Waals surface area contributed by atoms with Gasteiger partial charge < -0.3 is 20.1 Å². The van der Waals surface area contributed by atoms with E-state index in [0.717, 1.165) is 11.8 Å². The molecule has 27 heavy (non-hydrogen) atoms. The SMILES string of the molecule is CNC(=O)C1CN(C(=O)CSc2ccccc2C(=O)O)c2ccccc2O1. The van der Waals surface area contributed by atoms with Crippen molar-refractivity contribution in [3.63, 3.8) is 0 Å². The molecular formula is C19H18N2O5S. The van der Waals surface area contributed by atoms with Gasteiger partial charge in [0.1, 0.15) is 5.75 Å². The number of carbonyl (C=O) groups excluding carboxylic acids is 2. The average Bonchev–Trinajstić information content (AvgIpc) is 2.70. The number of thioether (sulfide) groups is 1. The molecule has 3 rings (SSSR count). The molecule has 2 aromatic rings. The fourth-order valence-corrected chi connectivity index (χ4v) is 3.68. The third kappa shape index (κ3) is 4.06. The quantitative estimate of drug-likeness (QED) is 0.764. The van der Waals surface area contributed by atoms with Crippen LogP contribution in [0.15, 0.2) is 53.4 Å². The lowest BCUT2D eigenvalue weighted by Crippen LogP contribution is -2.50. The molecule has 2 amide bonds. The molecule has 0 bridgehead atoms. The zero-order valence-corrected chi connectivity index (χ0v) is 15.4. The van der Waals surface area contributed by atoms with Crippen LogP contribution < -0.4 is 15.0 Å². The fourth-order valence-electron chi connectivity index (χ4n) is 2.75. The summed E-state index contributed by atoms with van der Waals surface area (Å²) in [4.78, 5) is 38.2. The molecule has 1 heterocycles. The summed E-state index contributed by atoms with van der Waals surface area (Å²) < 4.78 is 5.69. The number of anilines is 1. The third-order valence-electron chi connectivity index (χ3n) is 4.08. The van der Waals surface area contributed by atoms with Gasteiger partial charge in [-0.2, -0.15) is 0 Å². The van der Waals surface area contributed by atoms with Crippen LogP contribution in [0.4, 0.5) is 5.69 Å². The van der Waals surface area contributed by atoms with Gasteiger partial charge in [0.05, 0.1) is 23.5 Å². The Bertz CT molecular complexity index is 886. The van der Waals surface area contributed by atoms with E-state index < -0.39 is 12.1 Å². The molecule has 0 saturated heterocycles. The van der Waals surface area contributed by atoms with Crippen molar-refractivity contribution in [2.45, 2.75) is 11.0 Å². The van der Waals surface area contributed by atoms with Crippen molar-refractivity contribution in [2.75, 3.05) is 24.2 Å². The number of benzene rings is 2. The van der Waals surface area contributed by atoms with Crippen LogP contribution in [-0.2, 0) is 9.59 Å². The average molecular weight is 386 g/mol. The Morgan fingerprint density at radius 1 is 1.19 bits per heavy atom. The number of amides is 2. The Hall–Kier alpha value is -3.00. The number of carboxylic acids is 1. The van der Waals surface area contributed by atoms with Crippen molar-refractivity contribution in [3.8, 4) is 5.75 Å². The van der Waals surface area contributed by atoms with E-state index in [4.69, 9.17) is 4.74 Å². The third-order valence-corrected chi connectivity index (χ3v) is 5.14. The van der Waals surface area contributed by atoms with Gasteiger partial charge in [-0.05, 0) is 24.3 Å². The molecule has 0 spiro atoms. The summed E-state index contributed by atoms with van der Waals surface area (Å²) in [5.74, 6) is -1.08. The topological polar surface area (TPSA) is 95.9 Å². The number of likely N-dealkylation sites (N-methyl/N-ethyl adjacent to an activating group) is 1. The summed E-state index contributed by atoms with van der Waals surface area (Å²) in [6.07, 6.45) is -0.801. The number of rotatable bonds is 5. The lowest BCUT2D eigenvalue weighted by atomic mass is 10.2. The fraction of sp³-hybridized carbons (Fsp3) is 0.211. The van der Waals surface area contributed by atoms with Crippen molar-refractivity contribution in [1.29, 1.82) is 0 Å². The smallest absolute Gasteiger partial charge is 0.336 e. The number of hydrogen-bond donors (Lipinski definition) is 2. The van der Waals surface area contributed by atoms with E-state index in [1.807, 2.05) is 0 Å². The molecule has 2 N–H and O–H groups in total. The van der Waals surface area contributed by atoms with Gasteiger partial charge in [-0.3, -0.25) is 9.59 Å². The van der Waals surface area contributed by atoms with Crippen LogP contribution in [0.25, 0.3) is 0 Å². The second kappa shape index (κ2) is 8.13. The molecule has 2 aromatic carbocycles. The second-order valence-corrected chi connectivity index (χ2v) is 6.80. The Morgan fingerprint density at radius 2 is 1.89 bits per heavy atom. The Morgan fingerprint density at radius 3 is 2.63 bits per heavy atom. The van der Waals surface area contributed by atoms with Gasteiger partial charge in [0.2, 0.25) is 5.91 Å². The van der Waals surface area contributed by atoms with E-state index in [1.165, 1.54) is 18.0 Å². The molecule has 7 nitrogen and oxygen atoms in total. The Kier molecular flexibility index (Phi) is 5.66. The van der Waals surface area contributed by atoms with Gasteiger partial charge in [-0.25, -0.2) is 4.79 Å². The minimum Gasteiger partial charge on any atom is -0.478 e. The Labute approximate surface area is 160 Å². The maximum absolute atomic E-state index is 12.8. The summed E-state index contributed by atoms with van der Waals surface area (Å²) in [6, 6.07) is 13.6. The van der Waals surface area contributed by atoms with Crippen molar-refractivity contribution in [1.82, 2.24) is 5.32 Å². The van der Waals surface area contributed by atoms with Crippen LogP contribution in [0.5, 0.6) is 5.75 Å². The van der Waals surface area contributed by atoms with Crippen molar-refractivity contribution >= 4 is 35.2 Å². The zero-order chi connectivity index (χ0) is 19.4. The number of nitrogens with zero attached hydrogens (tertiary/aromatic N) is 1. The lowest BCUT2D eigenvalue weighted by molar-refractivity contribution is -0.127. The van der Waals surface area contributed by atoms with Crippen molar-refractivity contribution in [2.24, 2.45) is 0 Å². The van der Waals surface area contributed by atoms with Gasteiger partial charge in [-0.1, -0.05) is 24.3 Å². The van der Waals surface area contributed by atoms with Crippen LogP contribution in [0.3, 0.4) is 0 Å². The highest BCUT2D eigenvalue weighted by Crippen LogP contribution is 2.34. The van der Waals surface area contributed by atoms with E-state index in [0.29, 0.717) is 16.3 Å². The molecule has 0 aromatic heterocycles. The van der Waals surface area contributed by atoms with Crippen molar-refractivity contribution < 1.29 is 24.2 Å². The van der Waals surface area contributed by atoms with E-state index in [9.17, 15) is 19.5 Å². The number of aromatic carboxylic acids is 1. The number of hydrogen-bond acceptors (Lipinski definition) is 5. The predicted octanol–water partition coefficient (Wildman–Crippen LogP) is 2.02. The number of nitrogens with one attached hydrogen (secondary N) is 1. The minimum atomic E-state index is -1.04. The monoisotopic (exact) mass is 386 g/mol. The van der Waals surface area contributed by atoms with Crippen molar-refractivity contribution in [3.05, 3.63) is 54.1 Å². The van der Waals surface area contributed by atoms with Gasteiger partial charge >= 0.3 is 5.97 Å². The van der Waals surface area contributed by atoms with Crippen LogP contribution in [0, 0.1) is 0 Å². The number of para-hydroxylation sites is 2. The summed E-state index contributed by atoms with van der Waals surface area (Å²) in [6.45, 7) is 0.0939. The number of ether oxygens (including phenoxy) is 1. The van der Waals surface area contributed by atoms with E-state index in [1.54, 1.807) is 42.5 Å². The predicted molar refractivity (Wildman–Crippen MR) is 101 cm³/mol. The van der Waals surface area contributed by atoms with Gasteiger partial charge in [0.25, 0.3) is 5.91 Å². The summed E-state index contributed by atoms with van der Waals surface area (Å²) >= 11 is 1.15. The van der Waals surface area contributed by atoms with Gasteiger partial charge in [0, 0.05) is 11.9 Å². The van der Waals surface area contributed by atoms with E-state index in [2.05, 4.69) is 5.32 Å². The highest BCUT2D eigenvalue weighted by molar-refractivity contribution is 8.00. The molecule has 1 aliphatic rings. The van der Waals surface area contributed by atoms with Gasteiger partial charge in [0.15, 0.2) is 6.10 Å². The van der Waals surface area contributed by atoms with E-state index in [-0.39, 0.29) is 29.7 Å². The van der Waals surface area contributed by atoms with Crippen LogP contribution in [-0.4, -0.2) is 48.3 Å². The first-order chi connectivity index (χ1) is 13.0. The van der Waals surface area contributed by atoms with E-state index >= 15 is 0 Å². The largest absolute Gasteiger partial charge is 0.478 e. The molecule has 0 saturated carbocycles. The first-order valence-corrected chi connectivity index (χ1v) is 9.22. The maximum Gasteiger partial charge on any atom is 0.336 e. The maximum atomic E-state index is 12.8. The van der Waals surface area contributed by atoms with Crippen LogP contribution in [0.1, 0.15) is 10.4 Å². The number of carboxylic acid groups (broad SMARTS) is 1. The minimum absolute atomic E-state index is 0.0408. The summed E-state index contributed by atoms with van der Waals surface area (Å²) in [5, 5.41) is 11.8. The molecule has 1 aliphatic heterocycles. The molecule has 8 heteroatoms. The summed E-state index contributed by atoms with van der Waals surface area (Å²) in [7, 11) is 1.51. The van der Waals surface area contributed by atoms with Gasteiger partial charge in [-0.15, -0.1) is 11.8 Å². The number of carbonyl (C=O) groups is 3. The molecule has 0 fully saturated rings. The standard InChI is InChI=1S/C19H18N2O5S/c1-20-18(23)15-10-21(13-7-3-4-8-14(13)26-15)17(22)11-27-16-9-5-2-6-12(16)19(24)25/h2-9,15H,10-11H2,1H3,(H,20,23)(H,24,25). The molecule has 0 aliphatic carbocycles. The first-order valence-electron chi connectivity index (χ1n) is 8.24. The first kappa shape index (κ1) is 18.8. The van der Waals surface area contributed by atoms with Crippen LogP contribution >= 0.6 is 11.8 Å². The highest BCUT2D eigenvalue weighted by atomic mass is 32.2. The number of fused-ring (bicyclic) bond motifs is 1. The molecular weight excluding hydrogens is 368 g/mol. The molecule has 1 atom stereocenters. The normalized spacial score (nSPS) is 15.4. The highest BCUT2D eigenvalue weighted by Gasteiger charge is 2.33. The zero-order valence-electron chi connectivity index (χ0n) is 14.5. The Balaban J connectivity index is 1.79. The lowest BCUT2D eigenvalue weighted by Gasteiger charge is -2.34. The molecule has 0 radical (unpaired) electrons. The summed E-state index contributed by atoms with van der Waals surface area (Å²) in [5.41, 5.74) is 0.746. The molecule has 140 valence electrons. The second-order valence-electron chi connectivity index (χ2n) is 5.78. The molecule has 1 unspecified atom stereocenters. The van der Waals surface area contributed by atoms with Crippen LogP contribution in [0.2, 0.25) is 0 Å².